The molecule has 1 rings (SSSR count). The van der Waals surface area contributed by atoms with E-state index in [2.05, 4.69) is 51.6 Å². The van der Waals surface area contributed by atoms with Crippen molar-refractivity contribution in [2.75, 3.05) is 0 Å². The molecule has 0 N–H and O–H groups in total. The van der Waals surface area contributed by atoms with Crippen molar-refractivity contribution in [1.82, 2.24) is 0 Å². The number of hydrogen-bond acceptors (Lipinski definition) is 0. The average molecular weight is 188 g/mol. The fourth-order valence-corrected chi connectivity index (χ4v) is 1.44. The molecule has 0 bridgehead atoms. The summed E-state index contributed by atoms with van der Waals surface area (Å²) in [5.41, 5.74) is 3.06. The molecule has 0 spiro atoms. The van der Waals surface area contributed by atoms with Crippen LogP contribution in [0.5, 0.6) is 0 Å². The Morgan fingerprint density at radius 2 is 1.71 bits per heavy atom. The standard InChI is InChI=1S/C14H20/c1-5-6-7-12-8-10-13(11-9-12)14(2,3)4/h5,8-11H,1,6-7H2,2-4H3. The molecule has 0 heterocycles. The fraction of sp³-hybridized carbons (Fsp3) is 0.429. The van der Waals surface area contributed by atoms with Gasteiger partial charge in [-0.25, -0.2) is 0 Å². The van der Waals surface area contributed by atoms with E-state index in [1.54, 1.807) is 0 Å². The second-order valence-electron chi connectivity index (χ2n) is 4.77. The Labute approximate surface area is 87.7 Å². The van der Waals surface area contributed by atoms with Gasteiger partial charge in [-0.1, -0.05) is 51.1 Å². The van der Waals surface area contributed by atoms with Gasteiger partial charge in [-0.3, -0.25) is 0 Å². The first kappa shape index (κ1) is 11.0. The second kappa shape index (κ2) is 4.45. The molecule has 0 unspecified atom stereocenters. The summed E-state index contributed by atoms with van der Waals surface area (Å²) in [6.07, 6.45) is 4.14. The van der Waals surface area contributed by atoms with Crippen LogP contribution in [0.3, 0.4) is 0 Å². The monoisotopic (exact) mass is 188 g/mol. The number of benzene rings is 1. The predicted molar refractivity (Wildman–Crippen MR) is 63.7 cm³/mol. The molecule has 1 aromatic rings. The van der Waals surface area contributed by atoms with Crippen LogP contribution in [0.1, 0.15) is 38.3 Å². The van der Waals surface area contributed by atoms with E-state index >= 15 is 0 Å². The molecule has 0 aliphatic heterocycles. The molecule has 14 heavy (non-hydrogen) atoms. The van der Waals surface area contributed by atoms with Crippen molar-refractivity contribution in [3.63, 3.8) is 0 Å². The summed E-state index contributed by atoms with van der Waals surface area (Å²) in [6.45, 7) is 10.5. The van der Waals surface area contributed by atoms with Crippen molar-refractivity contribution in [2.24, 2.45) is 0 Å². The van der Waals surface area contributed by atoms with Gasteiger partial charge in [-0.05, 0) is 29.4 Å². The van der Waals surface area contributed by atoms with Gasteiger partial charge in [0.05, 0.1) is 0 Å². The lowest BCUT2D eigenvalue weighted by Gasteiger charge is -2.19. The van der Waals surface area contributed by atoms with Crippen LogP contribution in [0.25, 0.3) is 0 Å². The number of rotatable bonds is 3. The van der Waals surface area contributed by atoms with Crippen LogP contribution >= 0.6 is 0 Å². The van der Waals surface area contributed by atoms with Gasteiger partial charge < -0.3 is 0 Å². The van der Waals surface area contributed by atoms with Gasteiger partial charge in [0.2, 0.25) is 0 Å². The van der Waals surface area contributed by atoms with Crippen LogP contribution in [0.2, 0.25) is 0 Å². The molecule has 0 aromatic heterocycles. The Balaban J connectivity index is 2.73. The summed E-state index contributed by atoms with van der Waals surface area (Å²) in [6, 6.07) is 8.92. The lowest BCUT2D eigenvalue weighted by Crippen LogP contribution is -2.10. The minimum Gasteiger partial charge on any atom is -0.103 e. The van der Waals surface area contributed by atoms with E-state index in [4.69, 9.17) is 0 Å². The molecule has 76 valence electrons. The average Bonchev–Trinajstić information content (AvgIpc) is 2.14. The number of aryl methyl sites for hydroxylation is 1. The van der Waals surface area contributed by atoms with E-state index in [1.807, 2.05) is 6.08 Å². The SMILES string of the molecule is C=CCCc1ccc(C(C)(C)C)cc1. The Bertz CT molecular complexity index is 285. The maximum absolute atomic E-state index is 3.73. The molecule has 0 aliphatic rings. The first-order chi connectivity index (χ1) is 6.54. The van der Waals surface area contributed by atoms with Crippen LogP contribution in [-0.2, 0) is 11.8 Å². The molecule has 0 heteroatoms. The highest BCUT2D eigenvalue weighted by Gasteiger charge is 2.12. The van der Waals surface area contributed by atoms with Crippen molar-refractivity contribution in [1.29, 1.82) is 0 Å². The molecule has 0 saturated carbocycles. The molecule has 0 radical (unpaired) electrons. The highest BCUT2D eigenvalue weighted by molar-refractivity contribution is 5.27. The predicted octanol–water partition coefficient (Wildman–Crippen LogP) is 4.10. The molecule has 0 atom stereocenters. The summed E-state index contributed by atoms with van der Waals surface area (Å²) >= 11 is 0. The summed E-state index contributed by atoms with van der Waals surface area (Å²) in [4.78, 5) is 0. The molecule has 0 saturated heterocycles. The zero-order valence-electron chi connectivity index (χ0n) is 9.51. The smallest absolute Gasteiger partial charge is 0.0132 e. The fourth-order valence-electron chi connectivity index (χ4n) is 1.44. The molecule has 0 fully saturated rings. The minimum absolute atomic E-state index is 0.261. The summed E-state index contributed by atoms with van der Waals surface area (Å²) in [5.74, 6) is 0. The van der Waals surface area contributed by atoms with Crippen LogP contribution in [0, 0.1) is 0 Å². The first-order valence-electron chi connectivity index (χ1n) is 5.24. The highest BCUT2D eigenvalue weighted by Crippen LogP contribution is 2.22. The van der Waals surface area contributed by atoms with Crippen molar-refractivity contribution >= 4 is 0 Å². The first-order valence-corrected chi connectivity index (χ1v) is 5.24. The third-order valence-corrected chi connectivity index (χ3v) is 2.46. The zero-order valence-corrected chi connectivity index (χ0v) is 9.51. The Kier molecular flexibility index (Phi) is 3.51. The zero-order chi connectivity index (χ0) is 10.6. The van der Waals surface area contributed by atoms with Gasteiger partial charge in [0.15, 0.2) is 0 Å². The van der Waals surface area contributed by atoms with E-state index < -0.39 is 0 Å². The van der Waals surface area contributed by atoms with Crippen LogP contribution in [0.15, 0.2) is 36.9 Å². The molecule has 0 nitrogen and oxygen atoms in total. The summed E-state index contributed by atoms with van der Waals surface area (Å²) in [5, 5.41) is 0. The van der Waals surface area contributed by atoms with Crippen LogP contribution in [0.4, 0.5) is 0 Å². The van der Waals surface area contributed by atoms with Crippen LogP contribution < -0.4 is 0 Å². The van der Waals surface area contributed by atoms with Crippen molar-refractivity contribution in [3.05, 3.63) is 48.0 Å². The van der Waals surface area contributed by atoms with Gasteiger partial charge in [-0.2, -0.15) is 0 Å². The molecular formula is C14H20. The van der Waals surface area contributed by atoms with Gasteiger partial charge in [0, 0.05) is 0 Å². The lowest BCUT2D eigenvalue weighted by molar-refractivity contribution is 0.590. The Hall–Kier alpha value is -1.04. The van der Waals surface area contributed by atoms with Gasteiger partial charge in [0.25, 0.3) is 0 Å². The lowest BCUT2D eigenvalue weighted by atomic mass is 9.86. The summed E-state index contributed by atoms with van der Waals surface area (Å²) in [7, 11) is 0. The normalized spacial score (nSPS) is 11.4. The van der Waals surface area contributed by atoms with Gasteiger partial charge in [0.1, 0.15) is 0 Å². The number of hydrogen-bond donors (Lipinski definition) is 0. The Morgan fingerprint density at radius 3 is 2.14 bits per heavy atom. The summed E-state index contributed by atoms with van der Waals surface area (Å²) < 4.78 is 0. The molecular weight excluding hydrogens is 168 g/mol. The maximum atomic E-state index is 3.73. The van der Waals surface area contributed by atoms with E-state index in [0.29, 0.717) is 0 Å². The minimum atomic E-state index is 0.261. The topological polar surface area (TPSA) is 0 Å². The second-order valence-corrected chi connectivity index (χ2v) is 4.77. The maximum Gasteiger partial charge on any atom is -0.0132 e. The molecule has 0 aliphatic carbocycles. The van der Waals surface area contributed by atoms with Crippen molar-refractivity contribution in [3.8, 4) is 0 Å². The van der Waals surface area contributed by atoms with E-state index in [0.717, 1.165) is 12.8 Å². The largest absolute Gasteiger partial charge is 0.103 e. The molecule has 0 amide bonds. The van der Waals surface area contributed by atoms with Crippen molar-refractivity contribution in [2.45, 2.75) is 39.0 Å². The van der Waals surface area contributed by atoms with E-state index in [-0.39, 0.29) is 5.41 Å². The number of allylic oxidation sites excluding steroid dienone is 1. The Morgan fingerprint density at radius 1 is 1.14 bits per heavy atom. The third-order valence-electron chi connectivity index (χ3n) is 2.46. The quantitative estimate of drug-likeness (QED) is 0.626. The van der Waals surface area contributed by atoms with E-state index in [9.17, 15) is 0 Å². The third kappa shape index (κ3) is 3.02. The van der Waals surface area contributed by atoms with Gasteiger partial charge in [-0.15, -0.1) is 6.58 Å². The highest BCUT2D eigenvalue weighted by atomic mass is 14.2. The van der Waals surface area contributed by atoms with Crippen LogP contribution in [-0.4, -0.2) is 0 Å². The van der Waals surface area contributed by atoms with E-state index in [1.165, 1.54) is 11.1 Å². The van der Waals surface area contributed by atoms with Gasteiger partial charge >= 0.3 is 0 Å². The van der Waals surface area contributed by atoms with Crippen molar-refractivity contribution < 1.29 is 0 Å². The molecule has 1 aromatic carbocycles.